The third-order valence-corrected chi connectivity index (χ3v) is 8.49. The number of fused-ring (bicyclic) bond motifs is 1. The Balaban J connectivity index is 0.00000376. The van der Waals surface area contributed by atoms with Gasteiger partial charge < -0.3 is 24.8 Å². The predicted octanol–water partition coefficient (Wildman–Crippen LogP) is 5.97. The number of ether oxygens (including phenoxy) is 1. The molecule has 0 aromatic heterocycles. The maximum absolute atomic E-state index is 15.1. The topological polar surface area (TPSA) is 112 Å². The number of halogens is 5. The minimum Gasteiger partial charge on any atom is -0.497 e. The van der Waals surface area contributed by atoms with Gasteiger partial charge in [0.2, 0.25) is 0 Å². The summed E-state index contributed by atoms with van der Waals surface area (Å²) < 4.78 is 76.8. The van der Waals surface area contributed by atoms with Gasteiger partial charge in [-0.1, -0.05) is 26.3 Å². The van der Waals surface area contributed by atoms with Crippen molar-refractivity contribution in [1.82, 2.24) is 20.7 Å². The first-order chi connectivity index (χ1) is 22.2. The number of unbranched alkanes of at least 4 members (excludes halogenated alkanes) is 1. The lowest BCUT2D eigenvalue weighted by Crippen LogP contribution is -2.43. The van der Waals surface area contributed by atoms with Gasteiger partial charge >= 0.3 is 6.18 Å². The highest BCUT2D eigenvalue weighted by atomic mass is 32.2. The van der Waals surface area contributed by atoms with Crippen LogP contribution in [0, 0.1) is 23.0 Å². The normalized spacial score (nSPS) is 17.3. The van der Waals surface area contributed by atoms with Crippen molar-refractivity contribution >= 4 is 29.7 Å². The highest BCUT2D eigenvalue weighted by Gasteiger charge is 2.48. The van der Waals surface area contributed by atoms with E-state index in [1.165, 1.54) is 44.3 Å². The number of aldehydes is 1. The van der Waals surface area contributed by atoms with Crippen LogP contribution in [0.2, 0.25) is 0 Å². The van der Waals surface area contributed by atoms with E-state index in [2.05, 4.69) is 10.5 Å². The SMILES string of the molecule is CC.CN/N=C(/c1ccc(SCCCCC(/C=C\C(=O)NN)C2=CC=C(OC)C3N(C)C(C(F)(F)F)=CN23)c(F)c1F)C(C)(C)C=O. The molecule has 0 aliphatic carbocycles. The van der Waals surface area contributed by atoms with Crippen LogP contribution in [0.5, 0.6) is 0 Å². The zero-order chi connectivity index (χ0) is 35.5. The number of benzene rings is 1. The molecule has 2 aliphatic rings. The van der Waals surface area contributed by atoms with E-state index < -0.39 is 46.9 Å². The van der Waals surface area contributed by atoms with Crippen molar-refractivity contribution in [3.8, 4) is 0 Å². The van der Waals surface area contributed by atoms with E-state index in [1.54, 1.807) is 32.1 Å². The van der Waals surface area contributed by atoms with Crippen LogP contribution in [0.25, 0.3) is 0 Å². The lowest BCUT2D eigenvalue weighted by molar-refractivity contribution is -0.116. The first kappa shape index (κ1) is 39.3. The fraction of sp³-hybridized carbons (Fsp3) is 0.469. The van der Waals surface area contributed by atoms with Gasteiger partial charge in [0, 0.05) is 48.4 Å². The molecular formula is C32H43F5N6O3S. The molecule has 3 rings (SSSR count). The molecule has 0 fully saturated rings. The number of rotatable bonds is 14. The first-order valence-corrected chi connectivity index (χ1v) is 16.0. The number of nitrogens with two attached hydrogens (primary N) is 1. The number of likely N-dealkylation sites (N-methyl/N-ethyl adjacent to an activating group) is 1. The zero-order valence-electron chi connectivity index (χ0n) is 27.5. The van der Waals surface area contributed by atoms with Crippen molar-refractivity contribution in [2.75, 3.05) is 27.0 Å². The number of amides is 1. The monoisotopic (exact) mass is 686 g/mol. The predicted molar refractivity (Wildman–Crippen MR) is 173 cm³/mol. The van der Waals surface area contributed by atoms with Gasteiger partial charge in [-0.25, -0.2) is 14.6 Å². The first-order valence-electron chi connectivity index (χ1n) is 15.0. The van der Waals surface area contributed by atoms with Crippen molar-refractivity contribution < 1.29 is 36.3 Å². The number of thioether (sulfide) groups is 1. The average molecular weight is 687 g/mol. The van der Waals surface area contributed by atoms with Crippen LogP contribution >= 0.6 is 11.8 Å². The van der Waals surface area contributed by atoms with E-state index in [4.69, 9.17) is 10.6 Å². The van der Waals surface area contributed by atoms with Crippen LogP contribution in [-0.4, -0.2) is 67.0 Å². The summed E-state index contributed by atoms with van der Waals surface area (Å²) in [7, 11) is 4.20. The molecule has 2 unspecified atom stereocenters. The van der Waals surface area contributed by atoms with E-state index in [9.17, 15) is 22.8 Å². The summed E-state index contributed by atoms with van der Waals surface area (Å²) in [4.78, 5) is 26.1. The van der Waals surface area contributed by atoms with Crippen molar-refractivity contribution in [1.29, 1.82) is 0 Å². The van der Waals surface area contributed by atoms with Crippen LogP contribution in [0.1, 0.15) is 52.5 Å². The number of carbonyl (C=O) groups is 2. The Morgan fingerprint density at radius 2 is 1.85 bits per heavy atom. The summed E-state index contributed by atoms with van der Waals surface area (Å²) in [5.41, 5.74) is 2.96. The molecule has 1 aromatic carbocycles. The number of hydrogen-bond donors (Lipinski definition) is 3. The zero-order valence-corrected chi connectivity index (χ0v) is 28.4. The Hall–Kier alpha value is -3.85. The van der Waals surface area contributed by atoms with Crippen LogP contribution in [0.4, 0.5) is 22.0 Å². The number of carbonyl (C=O) groups excluding carboxylic acids is 2. The van der Waals surface area contributed by atoms with Crippen molar-refractivity contribution in [3.05, 3.63) is 77.0 Å². The third-order valence-electron chi connectivity index (χ3n) is 7.37. The molecule has 0 spiro atoms. The number of allylic oxidation sites excluding steroid dienone is 4. The standard InChI is InChI=1S/C30H37F5N6O3S.C2H6/c1-29(2,17-42)27(39-37-3)19-10-13-22(26(32)25(19)31)45-15-7-6-8-18(9-14-24(43)38-36)20-11-12-21(44-5)28-40(4)23(16-41(20)28)30(33,34)35;1-2/h9-14,16-18,28,37H,6-8,15,36H2,1-5H3,(H,38,43);1-2H3/b14-9-,39-27-;. The Kier molecular flexibility index (Phi) is 14.5. The van der Waals surface area contributed by atoms with Gasteiger partial charge in [0.05, 0.1) is 18.2 Å². The Morgan fingerprint density at radius 1 is 1.17 bits per heavy atom. The fourth-order valence-electron chi connectivity index (χ4n) is 5.04. The summed E-state index contributed by atoms with van der Waals surface area (Å²) in [5.74, 6) is 2.69. The molecule has 260 valence electrons. The molecule has 0 saturated carbocycles. The van der Waals surface area contributed by atoms with Crippen molar-refractivity contribution in [3.63, 3.8) is 0 Å². The van der Waals surface area contributed by atoms with E-state index >= 15 is 8.78 Å². The smallest absolute Gasteiger partial charge is 0.432 e. The molecule has 47 heavy (non-hydrogen) atoms. The highest BCUT2D eigenvalue weighted by molar-refractivity contribution is 7.99. The number of hydrogen-bond acceptors (Lipinski definition) is 9. The number of methoxy groups -OCH3 is 1. The van der Waals surface area contributed by atoms with Gasteiger partial charge in [0.15, 0.2) is 17.8 Å². The van der Waals surface area contributed by atoms with E-state index in [0.29, 0.717) is 42.8 Å². The summed E-state index contributed by atoms with van der Waals surface area (Å²) in [5, 5.41) is 3.99. The maximum atomic E-state index is 15.1. The second-order valence-corrected chi connectivity index (χ2v) is 12.0. The van der Waals surface area contributed by atoms with Gasteiger partial charge in [-0.3, -0.25) is 10.2 Å². The fourth-order valence-corrected chi connectivity index (χ4v) is 5.99. The lowest BCUT2D eigenvalue weighted by atomic mass is 9.84. The summed E-state index contributed by atoms with van der Waals surface area (Å²) >= 11 is 1.11. The Morgan fingerprint density at radius 3 is 2.43 bits per heavy atom. The Labute approximate surface area is 276 Å². The van der Waals surface area contributed by atoms with Crippen LogP contribution < -0.4 is 16.7 Å². The van der Waals surface area contributed by atoms with Crippen molar-refractivity contribution in [2.45, 2.75) is 64.2 Å². The maximum Gasteiger partial charge on any atom is 0.432 e. The molecule has 9 nitrogen and oxygen atoms in total. The van der Waals surface area contributed by atoms with Crippen molar-refractivity contribution in [2.24, 2.45) is 22.3 Å². The number of alkyl halides is 3. The molecule has 2 aliphatic heterocycles. The second-order valence-electron chi connectivity index (χ2n) is 10.8. The highest BCUT2D eigenvalue weighted by Crippen LogP contribution is 2.42. The second kappa shape index (κ2) is 17.3. The third kappa shape index (κ3) is 9.37. The average Bonchev–Trinajstić information content (AvgIpc) is 3.41. The summed E-state index contributed by atoms with van der Waals surface area (Å²) in [6.07, 6.45) is 3.73. The largest absolute Gasteiger partial charge is 0.497 e. The quantitative estimate of drug-likeness (QED) is 0.0253. The molecule has 15 heteroatoms. The molecule has 4 N–H and O–H groups in total. The van der Waals surface area contributed by atoms with Crippen LogP contribution in [-0.2, 0) is 14.3 Å². The number of nitrogens with one attached hydrogen (secondary N) is 2. The van der Waals surface area contributed by atoms with Gasteiger partial charge in [0.1, 0.15) is 17.7 Å². The van der Waals surface area contributed by atoms with E-state index in [-0.39, 0.29) is 16.2 Å². The molecule has 1 amide bonds. The molecular weight excluding hydrogens is 643 g/mol. The molecule has 2 atom stereocenters. The van der Waals surface area contributed by atoms with Crippen LogP contribution in [0.3, 0.4) is 0 Å². The number of nitrogens with zero attached hydrogens (tertiary/aromatic N) is 3. The van der Waals surface area contributed by atoms with Gasteiger partial charge in [-0.2, -0.15) is 18.3 Å². The van der Waals surface area contributed by atoms with Gasteiger partial charge in [-0.05, 0) is 56.7 Å². The number of hydrazine groups is 1. The van der Waals surface area contributed by atoms with Gasteiger partial charge in [0.25, 0.3) is 5.91 Å². The van der Waals surface area contributed by atoms with E-state index in [1.807, 2.05) is 19.3 Å². The molecule has 2 heterocycles. The lowest BCUT2D eigenvalue weighted by Gasteiger charge is -2.38. The molecule has 0 bridgehead atoms. The Bertz CT molecular complexity index is 1420. The number of hydrazone groups is 1. The summed E-state index contributed by atoms with van der Waals surface area (Å²) in [6, 6.07) is 2.82. The molecule has 0 radical (unpaired) electrons. The van der Waals surface area contributed by atoms with Gasteiger partial charge in [-0.15, -0.1) is 11.8 Å². The van der Waals surface area contributed by atoms with E-state index in [0.717, 1.165) is 22.9 Å². The minimum atomic E-state index is -4.60. The summed E-state index contributed by atoms with van der Waals surface area (Å²) in [6.45, 7) is 7.09. The molecule has 1 aromatic rings. The van der Waals surface area contributed by atoms with Crippen LogP contribution in [0.15, 0.2) is 69.8 Å². The minimum absolute atomic E-state index is 0.0588. The molecule has 0 saturated heterocycles.